The molecule has 0 amide bonds. The second-order valence-electron chi connectivity index (χ2n) is 4.49. The number of para-hydroxylation sites is 1. The van der Waals surface area contributed by atoms with Crippen molar-refractivity contribution in [2.24, 2.45) is 0 Å². The summed E-state index contributed by atoms with van der Waals surface area (Å²) in [5, 5.41) is 19.4. The van der Waals surface area contributed by atoms with Crippen LogP contribution in [0.3, 0.4) is 0 Å². The molecule has 0 spiro atoms. The average molecular weight is 240 g/mol. The Morgan fingerprint density at radius 3 is 2.56 bits per heavy atom. The molecule has 18 heavy (non-hydrogen) atoms. The maximum Gasteiger partial charge on any atom is 0.171 e. The van der Waals surface area contributed by atoms with Gasteiger partial charge in [-0.25, -0.2) is 0 Å². The normalized spacial score (nSPS) is 17.8. The Balaban J connectivity index is 2.07. The predicted octanol–water partition coefficient (Wildman–Crippen LogP) is 2.62. The topological polar surface area (TPSA) is 57.5 Å². The Hall–Kier alpha value is -2.29. The number of Topliss-reactive ketones (excluding diaryl/α,β-unsaturated/α-hetero) is 1. The summed E-state index contributed by atoms with van der Waals surface area (Å²) in [7, 11) is 0. The lowest BCUT2D eigenvalue weighted by Crippen LogP contribution is -2.07. The molecule has 90 valence electrons. The number of carbonyl (C=O) groups is 1. The van der Waals surface area contributed by atoms with Crippen molar-refractivity contribution < 1.29 is 15.0 Å². The van der Waals surface area contributed by atoms with Crippen molar-refractivity contribution in [3.8, 4) is 11.5 Å². The number of hydrogen-bond acceptors (Lipinski definition) is 3. The van der Waals surface area contributed by atoms with Crippen molar-refractivity contribution in [2.45, 2.75) is 12.3 Å². The largest absolute Gasteiger partial charge is 0.504 e. The van der Waals surface area contributed by atoms with E-state index in [1.54, 1.807) is 18.2 Å². The zero-order valence-electron chi connectivity index (χ0n) is 9.63. The molecule has 0 fully saturated rings. The second kappa shape index (κ2) is 3.88. The molecule has 3 rings (SSSR count). The van der Waals surface area contributed by atoms with Gasteiger partial charge in [-0.3, -0.25) is 4.79 Å². The Kier molecular flexibility index (Phi) is 2.33. The molecule has 0 aliphatic heterocycles. The molecule has 0 saturated heterocycles. The van der Waals surface area contributed by atoms with Gasteiger partial charge in [-0.05, 0) is 18.1 Å². The van der Waals surface area contributed by atoms with E-state index < -0.39 is 5.92 Å². The van der Waals surface area contributed by atoms with Gasteiger partial charge in [0, 0.05) is 11.1 Å². The van der Waals surface area contributed by atoms with E-state index in [-0.39, 0.29) is 17.3 Å². The van der Waals surface area contributed by atoms with Crippen molar-refractivity contribution in [3.05, 3.63) is 59.2 Å². The number of benzene rings is 2. The summed E-state index contributed by atoms with van der Waals surface area (Å²) in [5.74, 6) is -0.763. The van der Waals surface area contributed by atoms with Crippen molar-refractivity contribution in [1.82, 2.24) is 0 Å². The van der Waals surface area contributed by atoms with E-state index in [9.17, 15) is 15.0 Å². The standard InChI is InChI=1S/C15H12O3/c16-13-7-3-6-11(15(13)18)12-8-9-4-1-2-5-10(9)14(12)17/h1-7,12,16,18H,8H2. The highest BCUT2D eigenvalue weighted by atomic mass is 16.3. The Morgan fingerprint density at radius 2 is 1.78 bits per heavy atom. The number of carbonyl (C=O) groups excluding carboxylic acids is 1. The summed E-state index contributed by atoms with van der Waals surface area (Å²) in [5.41, 5.74) is 2.21. The van der Waals surface area contributed by atoms with Crippen LogP contribution >= 0.6 is 0 Å². The maximum atomic E-state index is 12.3. The highest BCUT2D eigenvalue weighted by Crippen LogP contribution is 2.40. The zero-order chi connectivity index (χ0) is 12.7. The van der Waals surface area contributed by atoms with Gasteiger partial charge >= 0.3 is 0 Å². The predicted molar refractivity (Wildman–Crippen MR) is 67.0 cm³/mol. The SMILES string of the molecule is O=C1c2ccccc2CC1c1cccc(O)c1O. The van der Waals surface area contributed by atoms with E-state index in [1.807, 2.05) is 18.2 Å². The lowest BCUT2D eigenvalue weighted by molar-refractivity contribution is 0.0971. The molecule has 0 saturated carbocycles. The third kappa shape index (κ3) is 1.48. The molecule has 1 aliphatic carbocycles. The van der Waals surface area contributed by atoms with E-state index in [0.29, 0.717) is 17.5 Å². The molecule has 3 heteroatoms. The third-order valence-electron chi connectivity index (χ3n) is 3.44. The van der Waals surface area contributed by atoms with Crippen LogP contribution in [-0.4, -0.2) is 16.0 Å². The molecule has 2 N–H and O–H groups in total. The van der Waals surface area contributed by atoms with E-state index in [0.717, 1.165) is 5.56 Å². The minimum absolute atomic E-state index is 0.00602. The van der Waals surface area contributed by atoms with Gasteiger partial charge in [0.1, 0.15) is 0 Å². The van der Waals surface area contributed by atoms with Crippen molar-refractivity contribution in [1.29, 1.82) is 0 Å². The van der Waals surface area contributed by atoms with Crippen molar-refractivity contribution in [2.75, 3.05) is 0 Å². The van der Waals surface area contributed by atoms with Crippen LogP contribution in [0.2, 0.25) is 0 Å². The van der Waals surface area contributed by atoms with Crippen LogP contribution < -0.4 is 0 Å². The van der Waals surface area contributed by atoms with Crippen LogP contribution in [-0.2, 0) is 6.42 Å². The monoisotopic (exact) mass is 240 g/mol. The first-order valence-electron chi connectivity index (χ1n) is 5.81. The smallest absolute Gasteiger partial charge is 0.171 e. The van der Waals surface area contributed by atoms with Crippen molar-refractivity contribution >= 4 is 5.78 Å². The quantitative estimate of drug-likeness (QED) is 0.753. The van der Waals surface area contributed by atoms with Crippen LogP contribution in [0.4, 0.5) is 0 Å². The first kappa shape index (κ1) is 10.8. The molecular formula is C15H12O3. The van der Waals surface area contributed by atoms with Gasteiger partial charge in [0.2, 0.25) is 0 Å². The van der Waals surface area contributed by atoms with Gasteiger partial charge in [0.05, 0.1) is 5.92 Å². The fraction of sp³-hybridized carbons (Fsp3) is 0.133. The lowest BCUT2D eigenvalue weighted by Gasteiger charge is -2.11. The molecular weight excluding hydrogens is 228 g/mol. The lowest BCUT2D eigenvalue weighted by atomic mass is 9.94. The number of fused-ring (bicyclic) bond motifs is 1. The first-order chi connectivity index (χ1) is 8.68. The minimum Gasteiger partial charge on any atom is -0.504 e. The number of phenolic OH excluding ortho intramolecular Hbond substituents is 2. The summed E-state index contributed by atoms with van der Waals surface area (Å²) >= 11 is 0. The summed E-state index contributed by atoms with van der Waals surface area (Å²) in [4.78, 5) is 12.3. The van der Waals surface area contributed by atoms with E-state index in [2.05, 4.69) is 0 Å². The van der Waals surface area contributed by atoms with Crippen LogP contribution in [0.15, 0.2) is 42.5 Å². The fourth-order valence-corrected chi connectivity index (χ4v) is 2.52. The fourth-order valence-electron chi connectivity index (χ4n) is 2.52. The molecule has 0 radical (unpaired) electrons. The van der Waals surface area contributed by atoms with Gasteiger partial charge < -0.3 is 10.2 Å². The Bertz CT molecular complexity index is 631. The molecule has 1 unspecified atom stereocenters. The zero-order valence-corrected chi connectivity index (χ0v) is 9.63. The molecule has 2 aromatic rings. The summed E-state index contributed by atoms with van der Waals surface area (Å²) in [6.07, 6.45) is 0.575. The van der Waals surface area contributed by atoms with E-state index in [4.69, 9.17) is 0 Å². The summed E-state index contributed by atoms with van der Waals surface area (Å²) in [6.45, 7) is 0. The van der Waals surface area contributed by atoms with Gasteiger partial charge in [-0.1, -0.05) is 36.4 Å². The second-order valence-corrected chi connectivity index (χ2v) is 4.49. The highest BCUT2D eigenvalue weighted by Gasteiger charge is 2.33. The van der Waals surface area contributed by atoms with Crippen molar-refractivity contribution in [3.63, 3.8) is 0 Å². The van der Waals surface area contributed by atoms with Gasteiger partial charge in [0.15, 0.2) is 17.3 Å². The van der Waals surface area contributed by atoms with Crippen LogP contribution in [0, 0.1) is 0 Å². The molecule has 2 aromatic carbocycles. The van der Waals surface area contributed by atoms with E-state index >= 15 is 0 Å². The first-order valence-corrected chi connectivity index (χ1v) is 5.81. The van der Waals surface area contributed by atoms with Gasteiger partial charge in [-0.15, -0.1) is 0 Å². The van der Waals surface area contributed by atoms with Crippen LogP contribution in [0.5, 0.6) is 11.5 Å². The van der Waals surface area contributed by atoms with Crippen LogP contribution in [0.25, 0.3) is 0 Å². The van der Waals surface area contributed by atoms with E-state index in [1.165, 1.54) is 6.07 Å². The molecule has 0 aromatic heterocycles. The van der Waals surface area contributed by atoms with Crippen LogP contribution in [0.1, 0.15) is 27.4 Å². The summed E-state index contributed by atoms with van der Waals surface area (Å²) in [6, 6.07) is 12.2. The average Bonchev–Trinajstić information content (AvgIpc) is 2.71. The summed E-state index contributed by atoms with van der Waals surface area (Å²) < 4.78 is 0. The Labute approximate surface area is 104 Å². The highest BCUT2D eigenvalue weighted by molar-refractivity contribution is 6.05. The Morgan fingerprint density at radius 1 is 1.00 bits per heavy atom. The van der Waals surface area contributed by atoms with Gasteiger partial charge in [0.25, 0.3) is 0 Å². The molecule has 3 nitrogen and oxygen atoms in total. The molecule has 1 aliphatic rings. The molecule has 0 bridgehead atoms. The number of hydrogen-bond donors (Lipinski definition) is 2. The number of aromatic hydroxyl groups is 2. The molecule has 0 heterocycles. The minimum atomic E-state index is -0.394. The number of rotatable bonds is 1. The van der Waals surface area contributed by atoms with Gasteiger partial charge in [-0.2, -0.15) is 0 Å². The molecule has 1 atom stereocenters. The third-order valence-corrected chi connectivity index (χ3v) is 3.44. The number of phenols is 2. The number of ketones is 1. The maximum absolute atomic E-state index is 12.3.